The standard InChI is InChI=1S/2C25H31N9O/c2*1-32(2)20-15-33(12-10-21(20)35)23-8-7-22(30-31-23)28-25-27-13-18-17-9-11-26-14-19(17)34(24(18)29-25)16-5-3-4-6-16/h2*7-9,11,13-14,16,20-21,35H,3-6,10,12,15H2,1-2H3,(H,27,28,29,30)/t2*20-,21-/m10/s1. The van der Waals surface area contributed by atoms with Gasteiger partial charge in [0.25, 0.3) is 0 Å². The predicted molar refractivity (Wildman–Crippen MR) is 272 cm³/mol. The van der Waals surface area contributed by atoms with Crippen LogP contribution in [0.4, 0.5) is 35.2 Å². The Hall–Kier alpha value is -6.74. The van der Waals surface area contributed by atoms with Crippen LogP contribution in [0.15, 0.2) is 73.6 Å². The fourth-order valence-electron chi connectivity index (χ4n) is 11.1. The summed E-state index contributed by atoms with van der Waals surface area (Å²) in [5.74, 6) is 3.81. The average molecular weight is 947 g/mol. The van der Waals surface area contributed by atoms with Crippen molar-refractivity contribution in [3.8, 4) is 0 Å². The molecule has 2 saturated heterocycles. The second-order valence-corrected chi connectivity index (χ2v) is 19.7. The summed E-state index contributed by atoms with van der Waals surface area (Å²) >= 11 is 0. The van der Waals surface area contributed by atoms with E-state index in [-0.39, 0.29) is 24.3 Å². The molecule has 0 unspecified atom stereocenters. The maximum absolute atomic E-state index is 10.3. The van der Waals surface area contributed by atoms with Crippen molar-refractivity contribution in [3.05, 3.63) is 73.6 Å². The summed E-state index contributed by atoms with van der Waals surface area (Å²) in [5, 5.41) is 49.1. The van der Waals surface area contributed by atoms with Crippen molar-refractivity contribution >= 4 is 79.0 Å². The van der Waals surface area contributed by atoms with Crippen molar-refractivity contribution in [1.82, 2.24) is 69.2 Å². The fraction of sp³-hybridized carbons (Fsp3) is 0.480. The number of aliphatic hydroxyl groups excluding tert-OH is 2. The van der Waals surface area contributed by atoms with Crippen LogP contribution in [0.3, 0.4) is 0 Å². The van der Waals surface area contributed by atoms with Crippen molar-refractivity contribution in [1.29, 1.82) is 0 Å². The number of aliphatic hydroxyl groups is 2. The van der Waals surface area contributed by atoms with Gasteiger partial charge in [0.1, 0.15) is 11.3 Å². The molecule has 8 aromatic rings. The number of pyridine rings is 2. The lowest BCUT2D eigenvalue weighted by atomic mass is 10.0. The van der Waals surface area contributed by atoms with E-state index in [0.717, 1.165) is 107 Å². The maximum Gasteiger partial charge on any atom is 0.230 e. The van der Waals surface area contributed by atoms with Crippen molar-refractivity contribution in [2.45, 2.75) is 101 Å². The van der Waals surface area contributed by atoms with E-state index in [9.17, 15) is 10.2 Å². The molecule has 0 amide bonds. The second kappa shape index (κ2) is 19.6. The Kier molecular flexibility index (Phi) is 12.8. The molecule has 4 atom stereocenters. The van der Waals surface area contributed by atoms with Crippen molar-refractivity contribution in [2.75, 3.05) is 74.8 Å². The lowest BCUT2D eigenvalue weighted by Gasteiger charge is -2.39. The van der Waals surface area contributed by atoms with Crippen LogP contribution in [0.25, 0.3) is 43.9 Å². The highest BCUT2D eigenvalue weighted by atomic mass is 16.3. The van der Waals surface area contributed by atoms with Crippen LogP contribution in [0.2, 0.25) is 0 Å². The van der Waals surface area contributed by atoms with E-state index in [0.29, 0.717) is 48.5 Å². The first-order valence-corrected chi connectivity index (χ1v) is 24.8. The Bertz CT molecular complexity index is 2870. The van der Waals surface area contributed by atoms with Crippen LogP contribution < -0.4 is 20.4 Å². The third kappa shape index (κ3) is 8.99. The summed E-state index contributed by atoms with van der Waals surface area (Å²) in [5.41, 5.74) is 4.10. The number of anilines is 6. The van der Waals surface area contributed by atoms with Gasteiger partial charge in [-0.2, -0.15) is 9.97 Å². The van der Waals surface area contributed by atoms with Gasteiger partial charge in [-0.15, -0.1) is 20.4 Å². The summed E-state index contributed by atoms with van der Waals surface area (Å²) in [4.78, 5) is 36.2. The van der Waals surface area contributed by atoms with Gasteiger partial charge >= 0.3 is 0 Å². The lowest BCUT2D eigenvalue weighted by Crippen LogP contribution is -2.53. The molecule has 20 heteroatoms. The van der Waals surface area contributed by atoms with Gasteiger partial charge in [-0.25, -0.2) is 9.97 Å². The number of rotatable bonds is 10. The van der Waals surface area contributed by atoms with Gasteiger partial charge in [0.2, 0.25) is 11.9 Å². The first-order chi connectivity index (χ1) is 34.2. The number of likely N-dealkylation sites (N-methyl/N-ethyl adjacent to an activating group) is 2. The topological polar surface area (TPSA) is 216 Å². The number of fused-ring (bicyclic) bond motifs is 6. The Morgan fingerprint density at radius 2 is 0.943 bits per heavy atom. The zero-order chi connectivity index (χ0) is 47.9. The minimum atomic E-state index is -0.321. The summed E-state index contributed by atoms with van der Waals surface area (Å²) in [6, 6.07) is 12.8. The minimum absolute atomic E-state index is 0.0744. The largest absolute Gasteiger partial charge is 0.391 e. The Balaban J connectivity index is 0.000000152. The van der Waals surface area contributed by atoms with E-state index in [1.165, 1.54) is 25.7 Å². The van der Waals surface area contributed by atoms with Crippen LogP contribution in [-0.2, 0) is 0 Å². The third-order valence-corrected chi connectivity index (χ3v) is 14.9. The molecule has 0 aromatic carbocycles. The summed E-state index contributed by atoms with van der Waals surface area (Å²) < 4.78 is 4.69. The zero-order valence-corrected chi connectivity index (χ0v) is 40.3. The monoisotopic (exact) mass is 947 g/mol. The molecule has 2 aliphatic carbocycles. The minimum Gasteiger partial charge on any atom is -0.391 e. The number of piperidine rings is 2. The first-order valence-electron chi connectivity index (χ1n) is 24.8. The molecule has 2 aliphatic heterocycles. The molecule has 20 nitrogen and oxygen atoms in total. The number of hydrogen-bond acceptors (Lipinski definition) is 18. The molecule has 2 saturated carbocycles. The highest BCUT2D eigenvalue weighted by Crippen LogP contribution is 2.39. The molecule has 0 radical (unpaired) electrons. The molecule has 0 bridgehead atoms. The van der Waals surface area contributed by atoms with Gasteiger partial charge in [0.05, 0.1) is 47.7 Å². The molecule has 12 rings (SSSR count). The number of hydrogen-bond donors (Lipinski definition) is 4. The SMILES string of the molecule is CN(C)[C@@H]1CN(c2ccc(Nc3ncc4c5ccncc5n(C5CCCC5)c4n3)nn2)CC[C@H]1O.CN(C)[C@H]1CN(c2ccc(Nc3ncc4c5ccncc5n(C5CCCC5)c4n3)nn2)CC[C@@H]1O. The Morgan fingerprint density at radius 1 is 0.514 bits per heavy atom. The predicted octanol–water partition coefficient (Wildman–Crippen LogP) is 6.26. The first kappa shape index (κ1) is 45.7. The van der Waals surface area contributed by atoms with E-state index in [4.69, 9.17) is 9.97 Å². The zero-order valence-electron chi connectivity index (χ0n) is 40.3. The average Bonchev–Trinajstić information content (AvgIpc) is 4.21. The van der Waals surface area contributed by atoms with Crippen LogP contribution >= 0.6 is 0 Å². The third-order valence-electron chi connectivity index (χ3n) is 14.9. The van der Waals surface area contributed by atoms with Crippen LogP contribution in [0, 0.1) is 0 Å². The van der Waals surface area contributed by atoms with Gasteiger partial charge < -0.3 is 49.6 Å². The number of nitrogens with one attached hydrogen (secondary N) is 2. The van der Waals surface area contributed by atoms with E-state index in [1.807, 2.05) is 102 Å². The molecule has 70 heavy (non-hydrogen) atoms. The lowest BCUT2D eigenvalue weighted by molar-refractivity contribution is 0.0599. The molecule has 4 aliphatic rings. The van der Waals surface area contributed by atoms with Crippen molar-refractivity contribution in [3.63, 3.8) is 0 Å². The van der Waals surface area contributed by atoms with E-state index in [1.54, 1.807) is 0 Å². The van der Waals surface area contributed by atoms with E-state index >= 15 is 0 Å². The van der Waals surface area contributed by atoms with Gasteiger partial charge in [-0.1, -0.05) is 25.7 Å². The van der Waals surface area contributed by atoms with Crippen LogP contribution in [-0.4, -0.2) is 158 Å². The second-order valence-electron chi connectivity index (χ2n) is 19.7. The molecule has 8 aromatic heterocycles. The van der Waals surface area contributed by atoms with Gasteiger partial charge in [0.15, 0.2) is 23.3 Å². The summed E-state index contributed by atoms with van der Waals surface area (Å²) in [6.45, 7) is 2.95. The highest BCUT2D eigenvalue weighted by Gasteiger charge is 2.32. The van der Waals surface area contributed by atoms with E-state index < -0.39 is 0 Å². The number of aromatic nitrogens is 12. The molecule has 4 fully saturated rings. The summed E-state index contributed by atoms with van der Waals surface area (Å²) in [6.07, 6.45) is 21.7. The quantitative estimate of drug-likeness (QED) is 0.119. The van der Waals surface area contributed by atoms with Gasteiger partial charge in [0, 0.05) is 84.6 Å². The molecule has 10 heterocycles. The van der Waals surface area contributed by atoms with Gasteiger partial charge in [-0.3, -0.25) is 9.97 Å². The van der Waals surface area contributed by atoms with Crippen molar-refractivity contribution < 1.29 is 10.2 Å². The molecular formula is C50H62N18O2. The summed E-state index contributed by atoms with van der Waals surface area (Å²) in [7, 11) is 7.98. The smallest absolute Gasteiger partial charge is 0.230 e. The maximum atomic E-state index is 10.3. The highest BCUT2D eigenvalue weighted by molar-refractivity contribution is 6.07. The molecular weight excluding hydrogens is 885 g/mol. The Morgan fingerprint density at radius 3 is 1.33 bits per heavy atom. The van der Waals surface area contributed by atoms with E-state index in [2.05, 4.69) is 79.7 Å². The fourth-order valence-corrected chi connectivity index (χ4v) is 11.1. The van der Waals surface area contributed by atoms with Crippen molar-refractivity contribution in [2.24, 2.45) is 0 Å². The van der Waals surface area contributed by atoms with Crippen LogP contribution in [0.1, 0.15) is 76.3 Å². The van der Waals surface area contributed by atoms with Gasteiger partial charge in [-0.05, 0) is 103 Å². The molecule has 4 N–H and O–H groups in total. The van der Waals surface area contributed by atoms with Crippen LogP contribution in [0.5, 0.6) is 0 Å². The number of nitrogens with zero attached hydrogens (tertiary/aromatic N) is 16. The Labute approximate surface area is 406 Å². The normalized spacial score (nSPS) is 21.4. The molecule has 364 valence electrons. The molecule has 0 spiro atoms.